The van der Waals surface area contributed by atoms with Crippen LogP contribution in [0.1, 0.15) is 34.0 Å². The van der Waals surface area contributed by atoms with Gasteiger partial charge in [-0.3, -0.25) is 14.5 Å². The highest BCUT2D eigenvalue weighted by Crippen LogP contribution is 2.37. The average Bonchev–Trinajstić information content (AvgIpc) is 3.33. The first kappa shape index (κ1) is 21.6. The van der Waals surface area contributed by atoms with Gasteiger partial charge < -0.3 is 18.9 Å². The van der Waals surface area contributed by atoms with Crippen molar-refractivity contribution < 1.29 is 28.5 Å². The Morgan fingerprint density at radius 1 is 0.941 bits per heavy atom. The third-order valence-corrected chi connectivity index (χ3v) is 5.76. The van der Waals surface area contributed by atoms with E-state index in [-0.39, 0.29) is 25.2 Å². The molecule has 0 bridgehead atoms. The zero-order valence-corrected chi connectivity index (χ0v) is 18.9. The van der Waals surface area contributed by atoms with Crippen molar-refractivity contribution in [1.82, 2.24) is 4.90 Å². The van der Waals surface area contributed by atoms with Crippen LogP contribution in [0.15, 0.2) is 60.7 Å². The molecule has 2 amide bonds. The Bertz CT molecular complexity index is 1310. The van der Waals surface area contributed by atoms with Crippen LogP contribution in [-0.2, 0) is 11.3 Å². The molecule has 7 nitrogen and oxygen atoms in total. The van der Waals surface area contributed by atoms with Crippen LogP contribution in [0.5, 0.6) is 23.0 Å². The van der Waals surface area contributed by atoms with Crippen LogP contribution in [0, 0.1) is 0 Å². The number of amides is 2. The molecule has 2 aliphatic rings. The number of carbonyl (C=O) groups is 2. The number of rotatable bonds is 6. The van der Waals surface area contributed by atoms with Gasteiger partial charge in [0.2, 0.25) is 6.79 Å². The molecule has 0 saturated heterocycles. The number of para-hydroxylation sites is 1. The van der Waals surface area contributed by atoms with Gasteiger partial charge in [-0.1, -0.05) is 36.4 Å². The van der Waals surface area contributed by atoms with Crippen LogP contribution in [0.2, 0.25) is 0 Å². The van der Waals surface area contributed by atoms with Crippen LogP contribution in [0.4, 0.5) is 0 Å². The van der Waals surface area contributed by atoms with Gasteiger partial charge in [-0.15, -0.1) is 0 Å². The van der Waals surface area contributed by atoms with E-state index in [1.807, 2.05) is 37.3 Å². The molecule has 0 fully saturated rings. The first-order valence-electron chi connectivity index (χ1n) is 11.0. The number of ether oxygens (including phenoxy) is 4. The molecule has 3 aromatic rings. The van der Waals surface area contributed by atoms with Gasteiger partial charge in [0.1, 0.15) is 0 Å². The Kier molecular flexibility index (Phi) is 5.67. The molecule has 0 unspecified atom stereocenters. The van der Waals surface area contributed by atoms with Gasteiger partial charge in [-0.2, -0.15) is 0 Å². The Hall–Kier alpha value is -4.26. The summed E-state index contributed by atoms with van der Waals surface area (Å²) < 4.78 is 22.1. The first-order chi connectivity index (χ1) is 16.6. The third-order valence-electron chi connectivity index (χ3n) is 5.76. The maximum atomic E-state index is 13.7. The predicted molar refractivity (Wildman–Crippen MR) is 126 cm³/mol. The monoisotopic (exact) mass is 457 g/mol. The molecule has 0 saturated carbocycles. The molecule has 172 valence electrons. The van der Waals surface area contributed by atoms with E-state index >= 15 is 0 Å². The minimum atomic E-state index is -0.384. The van der Waals surface area contributed by atoms with Crippen molar-refractivity contribution in [2.45, 2.75) is 13.5 Å². The highest BCUT2D eigenvalue weighted by Gasteiger charge is 2.35. The van der Waals surface area contributed by atoms with Gasteiger partial charge in [0.15, 0.2) is 23.0 Å². The molecule has 3 aromatic carbocycles. The van der Waals surface area contributed by atoms with E-state index in [1.165, 1.54) is 4.90 Å². The van der Waals surface area contributed by atoms with E-state index in [1.54, 1.807) is 43.5 Å². The zero-order chi connectivity index (χ0) is 23.7. The molecular formula is C27H23NO6. The summed E-state index contributed by atoms with van der Waals surface area (Å²) in [5, 5.41) is 0. The number of hydrogen-bond donors (Lipinski definition) is 0. The molecule has 5 rings (SSSR count). The second-order valence-corrected chi connectivity index (χ2v) is 7.80. The van der Waals surface area contributed by atoms with Crippen molar-refractivity contribution in [2.24, 2.45) is 0 Å². The van der Waals surface area contributed by atoms with Crippen LogP contribution in [0.3, 0.4) is 0 Å². The number of benzene rings is 3. The minimum Gasteiger partial charge on any atom is -0.492 e. The van der Waals surface area contributed by atoms with Gasteiger partial charge in [-0.25, -0.2) is 0 Å². The van der Waals surface area contributed by atoms with Crippen molar-refractivity contribution in [3.8, 4) is 23.0 Å². The van der Waals surface area contributed by atoms with Gasteiger partial charge in [0.25, 0.3) is 11.8 Å². The summed E-state index contributed by atoms with van der Waals surface area (Å²) >= 11 is 0. The molecule has 0 N–H and O–H groups in total. The molecule has 2 heterocycles. The van der Waals surface area contributed by atoms with Crippen molar-refractivity contribution >= 4 is 23.5 Å². The maximum absolute atomic E-state index is 13.7. The molecule has 0 aliphatic carbocycles. The highest BCUT2D eigenvalue weighted by atomic mass is 16.7. The molecule has 2 aliphatic heterocycles. The van der Waals surface area contributed by atoms with Gasteiger partial charge in [0.05, 0.1) is 20.3 Å². The lowest BCUT2D eigenvalue weighted by molar-refractivity contribution is -0.123. The Balaban J connectivity index is 1.58. The molecular weight excluding hydrogens is 434 g/mol. The lowest BCUT2D eigenvalue weighted by Crippen LogP contribution is -2.41. The van der Waals surface area contributed by atoms with E-state index in [9.17, 15) is 9.59 Å². The normalized spacial score (nSPS) is 15.5. The fourth-order valence-corrected chi connectivity index (χ4v) is 4.20. The molecule has 0 aromatic heterocycles. The summed E-state index contributed by atoms with van der Waals surface area (Å²) in [7, 11) is 1.56. The Morgan fingerprint density at radius 2 is 1.74 bits per heavy atom. The minimum absolute atomic E-state index is 0.107. The average molecular weight is 457 g/mol. The van der Waals surface area contributed by atoms with E-state index < -0.39 is 0 Å². The summed E-state index contributed by atoms with van der Waals surface area (Å²) in [5.41, 5.74) is 2.91. The van der Waals surface area contributed by atoms with Crippen molar-refractivity contribution in [3.63, 3.8) is 0 Å². The standard InChI is InChI=1S/C27H23NO6/c1-3-32-23-10-6-7-18(25(23)31-2)14-21-19-8-4-5-9-20(19)26(29)28(27(21)30)15-17-11-12-22-24(13-17)34-16-33-22/h4-14H,3,15-16H2,1-2H3/b21-14+. The van der Waals surface area contributed by atoms with Crippen LogP contribution >= 0.6 is 0 Å². The van der Waals surface area contributed by atoms with Gasteiger partial charge in [-0.05, 0) is 48.4 Å². The predicted octanol–water partition coefficient (Wildman–Crippen LogP) is 4.55. The number of imide groups is 1. The number of fused-ring (bicyclic) bond motifs is 2. The molecule has 0 atom stereocenters. The van der Waals surface area contributed by atoms with Crippen molar-refractivity contribution in [2.75, 3.05) is 20.5 Å². The number of carbonyl (C=O) groups excluding carboxylic acids is 2. The van der Waals surface area contributed by atoms with Crippen LogP contribution in [0.25, 0.3) is 11.6 Å². The van der Waals surface area contributed by atoms with E-state index in [2.05, 4.69) is 0 Å². The number of methoxy groups -OCH3 is 1. The number of hydrogen-bond acceptors (Lipinski definition) is 6. The van der Waals surface area contributed by atoms with Crippen LogP contribution < -0.4 is 18.9 Å². The highest BCUT2D eigenvalue weighted by molar-refractivity contribution is 6.33. The lowest BCUT2D eigenvalue weighted by Gasteiger charge is -2.29. The van der Waals surface area contributed by atoms with Gasteiger partial charge in [0, 0.05) is 16.7 Å². The summed E-state index contributed by atoms with van der Waals surface area (Å²) in [6.45, 7) is 2.64. The molecule has 7 heteroatoms. The van der Waals surface area contributed by atoms with Crippen molar-refractivity contribution in [3.05, 3.63) is 82.9 Å². The second-order valence-electron chi connectivity index (χ2n) is 7.80. The largest absolute Gasteiger partial charge is 0.492 e. The smallest absolute Gasteiger partial charge is 0.261 e. The fraction of sp³-hybridized carbons (Fsp3) is 0.185. The summed E-state index contributed by atoms with van der Waals surface area (Å²) in [6.07, 6.45) is 1.75. The topological polar surface area (TPSA) is 74.3 Å². The summed E-state index contributed by atoms with van der Waals surface area (Å²) in [6, 6.07) is 18.0. The van der Waals surface area contributed by atoms with E-state index in [0.717, 1.165) is 5.56 Å². The summed E-state index contributed by atoms with van der Waals surface area (Å²) in [5.74, 6) is 1.64. The Labute approximate surface area is 197 Å². The molecule has 0 spiro atoms. The Morgan fingerprint density at radius 3 is 2.53 bits per heavy atom. The molecule has 0 radical (unpaired) electrons. The van der Waals surface area contributed by atoms with Crippen molar-refractivity contribution in [1.29, 1.82) is 0 Å². The van der Waals surface area contributed by atoms with E-state index in [4.69, 9.17) is 18.9 Å². The SMILES string of the molecule is CCOc1cccc(/C=C2/C(=O)N(Cc3ccc4c(c3)OCO4)C(=O)c3ccccc32)c1OC. The second kappa shape index (κ2) is 8.94. The molecule has 34 heavy (non-hydrogen) atoms. The lowest BCUT2D eigenvalue weighted by atomic mass is 9.91. The third kappa shape index (κ3) is 3.75. The number of nitrogens with zero attached hydrogens (tertiary/aromatic N) is 1. The quantitative estimate of drug-likeness (QED) is 0.400. The fourth-order valence-electron chi connectivity index (χ4n) is 4.20. The van der Waals surface area contributed by atoms with E-state index in [0.29, 0.717) is 51.9 Å². The maximum Gasteiger partial charge on any atom is 0.261 e. The van der Waals surface area contributed by atoms with Gasteiger partial charge >= 0.3 is 0 Å². The first-order valence-corrected chi connectivity index (χ1v) is 11.0. The summed E-state index contributed by atoms with van der Waals surface area (Å²) in [4.78, 5) is 28.2. The van der Waals surface area contributed by atoms with Crippen LogP contribution in [-0.4, -0.2) is 37.2 Å². The zero-order valence-electron chi connectivity index (χ0n) is 18.9.